The Kier molecular flexibility index (Phi) is 1.85. The lowest BCUT2D eigenvalue weighted by Crippen LogP contribution is -2.68. The summed E-state index contributed by atoms with van der Waals surface area (Å²) in [5, 5.41) is 1.60. The molecule has 1 aromatic rings. The lowest BCUT2D eigenvalue weighted by molar-refractivity contribution is 0.587. The average Bonchev–Trinajstić information content (AvgIpc) is 3.18. The maximum atomic E-state index is 2.74. The van der Waals surface area contributed by atoms with Crippen LogP contribution in [0.1, 0.15) is 0 Å². The van der Waals surface area contributed by atoms with Crippen LogP contribution in [0.5, 0.6) is 0 Å². The van der Waals surface area contributed by atoms with Gasteiger partial charge in [-0.1, -0.05) is 30.3 Å². The second-order valence-electron chi connectivity index (χ2n) is 4.96. The Morgan fingerprint density at radius 2 is 1.12 bits per heavy atom. The number of nitrogens with zero attached hydrogens (tertiary/aromatic N) is 3. The fourth-order valence-corrected chi connectivity index (χ4v) is 8.00. The Balaban J connectivity index is 1.82. The van der Waals surface area contributed by atoms with E-state index >= 15 is 0 Å². The van der Waals surface area contributed by atoms with Crippen LogP contribution in [0.4, 0.5) is 0 Å². The Bertz CT molecular complexity index is 365. The molecule has 0 bridgehead atoms. The third-order valence-corrected chi connectivity index (χ3v) is 8.92. The molecular formula is C12H17N3Si. The van der Waals surface area contributed by atoms with Gasteiger partial charge in [-0.2, -0.15) is 0 Å². The molecule has 0 N–H and O–H groups in total. The minimum Gasteiger partial charge on any atom is -0.293 e. The predicted molar refractivity (Wildman–Crippen MR) is 66.5 cm³/mol. The monoisotopic (exact) mass is 231 g/mol. The average molecular weight is 231 g/mol. The van der Waals surface area contributed by atoms with E-state index in [1.165, 1.54) is 39.3 Å². The molecule has 1 aromatic carbocycles. The van der Waals surface area contributed by atoms with Gasteiger partial charge in [-0.3, -0.25) is 13.7 Å². The molecule has 0 radical (unpaired) electrons. The van der Waals surface area contributed by atoms with E-state index in [1.807, 2.05) is 0 Å². The van der Waals surface area contributed by atoms with Crippen LogP contribution in [0.15, 0.2) is 30.3 Å². The molecule has 16 heavy (non-hydrogen) atoms. The van der Waals surface area contributed by atoms with Crippen molar-refractivity contribution in [2.24, 2.45) is 0 Å². The third kappa shape index (κ3) is 1.24. The van der Waals surface area contributed by atoms with Gasteiger partial charge in [-0.05, 0) is 5.19 Å². The first-order valence-electron chi connectivity index (χ1n) is 6.23. The van der Waals surface area contributed by atoms with Crippen molar-refractivity contribution in [2.75, 3.05) is 39.3 Å². The second-order valence-corrected chi connectivity index (χ2v) is 8.71. The SMILES string of the molecule is c1ccc([Si](N2CC2)(N2CC2)N2CC2)cc1. The molecular weight excluding hydrogens is 214 g/mol. The van der Waals surface area contributed by atoms with Crippen molar-refractivity contribution in [3.05, 3.63) is 30.3 Å². The quantitative estimate of drug-likeness (QED) is 0.524. The summed E-state index contributed by atoms with van der Waals surface area (Å²) in [4.78, 5) is 0. The molecule has 3 fully saturated rings. The van der Waals surface area contributed by atoms with Crippen molar-refractivity contribution in [1.82, 2.24) is 13.7 Å². The molecule has 0 amide bonds. The fourth-order valence-electron chi connectivity index (χ4n) is 2.89. The lowest BCUT2D eigenvalue weighted by Gasteiger charge is -2.35. The number of benzene rings is 1. The van der Waals surface area contributed by atoms with Crippen LogP contribution in [0.2, 0.25) is 0 Å². The van der Waals surface area contributed by atoms with Gasteiger partial charge >= 0.3 is 8.56 Å². The Hall–Kier alpha value is -0.683. The van der Waals surface area contributed by atoms with Gasteiger partial charge in [-0.25, -0.2) is 0 Å². The normalized spacial score (nSPS) is 25.8. The predicted octanol–water partition coefficient (Wildman–Crippen LogP) is -0.221. The smallest absolute Gasteiger partial charge is 0.293 e. The van der Waals surface area contributed by atoms with E-state index in [0.29, 0.717) is 0 Å². The van der Waals surface area contributed by atoms with Gasteiger partial charge in [0.15, 0.2) is 0 Å². The molecule has 3 saturated heterocycles. The van der Waals surface area contributed by atoms with E-state index in [0.717, 1.165) is 0 Å². The molecule has 4 rings (SSSR count). The van der Waals surface area contributed by atoms with Gasteiger partial charge in [0.05, 0.1) is 0 Å². The van der Waals surface area contributed by atoms with E-state index < -0.39 is 8.56 Å². The first kappa shape index (κ1) is 9.36. The van der Waals surface area contributed by atoms with E-state index in [9.17, 15) is 0 Å². The van der Waals surface area contributed by atoms with Crippen LogP contribution in [0, 0.1) is 0 Å². The van der Waals surface area contributed by atoms with Crippen LogP contribution >= 0.6 is 0 Å². The number of hydrogen-bond donors (Lipinski definition) is 0. The minimum absolute atomic E-state index is 1.31. The topological polar surface area (TPSA) is 9.03 Å². The molecule has 84 valence electrons. The van der Waals surface area contributed by atoms with E-state index in [4.69, 9.17) is 0 Å². The molecule has 0 saturated carbocycles. The van der Waals surface area contributed by atoms with Crippen molar-refractivity contribution in [3.63, 3.8) is 0 Å². The summed E-state index contributed by atoms with van der Waals surface area (Å²) in [6.45, 7) is 7.88. The van der Waals surface area contributed by atoms with Gasteiger partial charge < -0.3 is 0 Å². The maximum Gasteiger partial charge on any atom is 0.323 e. The molecule has 0 aliphatic carbocycles. The highest BCUT2D eigenvalue weighted by atomic mass is 28.4. The van der Waals surface area contributed by atoms with Crippen molar-refractivity contribution in [1.29, 1.82) is 0 Å². The zero-order chi connectivity index (χ0) is 10.6. The van der Waals surface area contributed by atoms with Gasteiger partial charge in [0.2, 0.25) is 0 Å². The highest BCUT2D eigenvalue weighted by molar-refractivity contribution is 6.86. The number of hydrogen-bond acceptors (Lipinski definition) is 3. The number of rotatable bonds is 4. The summed E-state index contributed by atoms with van der Waals surface area (Å²) in [5.41, 5.74) is 0. The highest BCUT2D eigenvalue weighted by Crippen LogP contribution is 2.34. The standard InChI is InChI=1S/C12H17N3Si/c1-2-4-12(5-3-1)16(13-6-7-13,14-8-9-14)15-10-11-15/h1-5H,6-11H2. The highest BCUT2D eigenvalue weighted by Gasteiger charge is 2.62. The van der Waals surface area contributed by atoms with E-state index in [-0.39, 0.29) is 0 Å². The lowest BCUT2D eigenvalue weighted by atomic mass is 10.4. The summed E-state index contributed by atoms with van der Waals surface area (Å²) in [7, 11) is -1.57. The molecule has 0 unspecified atom stereocenters. The second kappa shape index (κ2) is 3.17. The molecule has 3 aliphatic heterocycles. The zero-order valence-corrected chi connectivity index (χ0v) is 10.5. The molecule has 3 heterocycles. The molecule has 0 aromatic heterocycles. The third-order valence-electron chi connectivity index (χ3n) is 3.83. The van der Waals surface area contributed by atoms with Gasteiger partial charge in [0.1, 0.15) is 0 Å². The van der Waals surface area contributed by atoms with Gasteiger partial charge in [-0.15, -0.1) is 0 Å². The van der Waals surface area contributed by atoms with Gasteiger partial charge in [0.25, 0.3) is 0 Å². The van der Waals surface area contributed by atoms with Crippen molar-refractivity contribution >= 4 is 13.7 Å². The van der Waals surface area contributed by atoms with Crippen LogP contribution in [-0.2, 0) is 0 Å². The fraction of sp³-hybridized carbons (Fsp3) is 0.500. The summed E-state index contributed by atoms with van der Waals surface area (Å²) < 4.78 is 8.22. The Morgan fingerprint density at radius 3 is 1.50 bits per heavy atom. The van der Waals surface area contributed by atoms with Crippen LogP contribution < -0.4 is 5.19 Å². The largest absolute Gasteiger partial charge is 0.323 e. The molecule has 3 nitrogen and oxygen atoms in total. The van der Waals surface area contributed by atoms with Crippen LogP contribution in [-0.4, -0.2) is 61.5 Å². The summed E-state index contributed by atoms with van der Waals surface area (Å²) in [6, 6.07) is 11.2. The molecule has 0 atom stereocenters. The Labute approximate surface area is 97.5 Å². The maximum absolute atomic E-state index is 2.74. The Morgan fingerprint density at radius 1 is 0.688 bits per heavy atom. The van der Waals surface area contributed by atoms with E-state index in [2.05, 4.69) is 44.0 Å². The van der Waals surface area contributed by atoms with Crippen LogP contribution in [0.3, 0.4) is 0 Å². The summed E-state index contributed by atoms with van der Waals surface area (Å²) in [6.07, 6.45) is 0. The zero-order valence-electron chi connectivity index (χ0n) is 9.47. The summed E-state index contributed by atoms with van der Waals surface area (Å²) >= 11 is 0. The molecule has 4 heteroatoms. The van der Waals surface area contributed by atoms with Crippen molar-refractivity contribution < 1.29 is 0 Å². The van der Waals surface area contributed by atoms with E-state index in [1.54, 1.807) is 5.19 Å². The summed E-state index contributed by atoms with van der Waals surface area (Å²) in [5.74, 6) is 0. The first-order valence-corrected chi connectivity index (χ1v) is 8.07. The molecule has 0 spiro atoms. The van der Waals surface area contributed by atoms with Gasteiger partial charge in [0, 0.05) is 39.3 Å². The first-order chi connectivity index (χ1) is 7.92. The molecule has 3 aliphatic rings. The van der Waals surface area contributed by atoms with Crippen molar-refractivity contribution in [3.8, 4) is 0 Å². The van der Waals surface area contributed by atoms with Crippen molar-refractivity contribution in [2.45, 2.75) is 0 Å². The van der Waals surface area contributed by atoms with Crippen LogP contribution in [0.25, 0.3) is 0 Å². The minimum atomic E-state index is -1.57.